The fourth-order valence-corrected chi connectivity index (χ4v) is 5.24. The highest BCUT2D eigenvalue weighted by molar-refractivity contribution is 6.35. The molecule has 6 nitrogen and oxygen atoms in total. The first kappa shape index (κ1) is 21.8. The van der Waals surface area contributed by atoms with Crippen molar-refractivity contribution in [2.45, 2.75) is 32.4 Å². The Kier molecular flexibility index (Phi) is 5.49. The van der Waals surface area contributed by atoms with Crippen molar-refractivity contribution in [2.24, 2.45) is 0 Å². The summed E-state index contributed by atoms with van der Waals surface area (Å²) in [5.41, 5.74) is 4.52. The Balaban J connectivity index is 1.48. The smallest absolute Gasteiger partial charge is 0.223 e. The lowest BCUT2D eigenvalue weighted by molar-refractivity contribution is 0.459. The molecule has 0 radical (unpaired) electrons. The van der Waals surface area contributed by atoms with Gasteiger partial charge in [0, 0.05) is 53.4 Å². The first-order valence-corrected chi connectivity index (χ1v) is 12.2. The van der Waals surface area contributed by atoms with Crippen LogP contribution in [0.3, 0.4) is 0 Å². The highest BCUT2D eigenvalue weighted by Gasteiger charge is 2.31. The number of nitrogens with one attached hydrogen (secondary N) is 1. The van der Waals surface area contributed by atoms with Crippen LogP contribution in [0.15, 0.2) is 67.0 Å². The number of aromatic nitrogens is 5. The topological polar surface area (TPSA) is 60.6 Å². The molecule has 35 heavy (non-hydrogen) atoms. The Hall–Kier alpha value is -3.71. The van der Waals surface area contributed by atoms with Gasteiger partial charge in [-0.15, -0.1) is 0 Å². The Bertz CT molecular complexity index is 1520. The molecule has 8 heteroatoms. The van der Waals surface area contributed by atoms with Gasteiger partial charge < -0.3 is 14.5 Å². The first-order valence-electron chi connectivity index (χ1n) is 11.8. The maximum atomic E-state index is 13.7. The highest BCUT2D eigenvalue weighted by atomic mass is 35.5. The van der Waals surface area contributed by atoms with Crippen LogP contribution in [-0.4, -0.2) is 30.6 Å². The number of benzene rings is 2. The van der Waals surface area contributed by atoms with Crippen LogP contribution in [0.5, 0.6) is 0 Å². The van der Waals surface area contributed by atoms with E-state index >= 15 is 0 Å². The van der Waals surface area contributed by atoms with Gasteiger partial charge in [0.1, 0.15) is 11.6 Å². The number of hydrogen-bond donors (Lipinski definition) is 1. The van der Waals surface area contributed by atoms with E-state index in [0.29, 0.717) is 5.95 Å². The molecule has 0 saturated carbocycles. The molecule has 0 amide bonds. The van der Waals surface area contributed by atoms with E-state index in [-0.39, 0.29) is 11.9 Å². The molecule has 2 aromatic carbocycles. The molecular weight excluding hydrogens is 463 g/mol. The molecule has 0 saturated heterocycles. The molecule has 1 aliphatic heterocycles. The zero-order valence-electron chi connectivity index (χ0n) is 19.2. The van der Waals surface area contributed by atoms with Crippen LogP contribution in [0.4, 0.5) is 10.3 Å². The van der Waals surface area contributed by atoms with Gasteiger partial charge in [-0.1, -0.05) is 17.7 Å². The van der Waals surface area contributed by atoms with Gasteiger partial charge in [-0.05, 0) is 61.9 Å². The third-order valence-corrected chi connectivity index (χ3v) is 6.90. The second kappa shape index (κ2) is 8.82. The largest absolute Gasteiger partial charge is 0.354 e. The van der Waals surface area contributed by atoms with Crippen molar-refractivity contribution >= 4 is 28.5 Å². The molecule has 5 aromatic rings. The van der Waals surface area contributed by atoms with E-state index in [2.05, 4.69) is 37.8 Å². The highest BCUT2D eigenvalue weighted by Crippen LogP contribution is 2.40. The fraction of sp³-hybridized carbons (Fsp3) is 0.222. The van der Waals surface area contributed by atoms with Gasteiger partial charge in [-0.2, -0.15) is 0 Å². The van der Waals surface area contributed by atoms with Crippen molar-refractivity contribution in [3.05, 3.63) is 83.7 Å². The van der Waals surface area contributed by atoms with Gasteiger partial charge in [0.15, 0.2) is 0 Å². The number of aryl methyl sites for hydroxylation is 1. The molecule has 0 spiro atoms. The average molecular weight is 487 g/mol. The summed E-state index contributed by atoms with van der Waals surface area (Å²) in [5.74, 6) is 1.32. The van der Waals surface area contributed by atoms with Gasteiger partial charge in [-0.3, -0.25) is 0 Å². The van der Waals surface area contributed by atoms with E-state index in [9.17, 15) is 4.39 Å². The number of halogens is 2. The maximum absolute atomic E-state index is 13.7. The average Bonchev–Trinajstić information content (AvgIpc) is 3.56. The van der Waals surface area contributed by atoms with Gasteiger partial charge in [0.25, 0.3) is 0 Å². The SMILES string of the molecule is CCNc1nccc(-c2c(-c3ccc(F)cc3)nc3n2[C@H](Cn2ccc4c(Cl)cccc42)CC3)n1. The van der Waals surface area contributed by atoms with E-state index in [4.69, 9.17) is 21.6 Å². The minimum absolute atomic E-state index is 0.189. The number of anilines is 1. The van der Waals surface area contributed by atoms with Crippen LogP contribution in [0.2, 0.25) is 5.02 Å². The van der Waals surface area contributed by atoms with Crippen molar-refractivity contribution < 1.29 is 4.39 Å². The van der Waals surface area contributed by atoms with Crippen LogP contribution in [-0.2, 0) is 13.0 Å². The summed E-state index contributed by atoms with van der Waals surface area (Å²) in [4.78, 5) is 14.2. The number of imidazole rings is 1. The molecule has 1 atom stereocenters. The Labute approximate surface area is 207 Å². The predicted octanol–water partition coefficient (Wildman–Crippen LogP) is 6.37. The molecule has 176 valence electrons. The molecule has 4 heterocycles. The summed E-state index contributed by atoms with van der Waals surface area (Å²) >= 11 is 6.42. The molecule has 6 rings (SSSR count). The number of fused-ring (bicyclic) bond motifs is 2. The Morgan fingerprint density at radius 1 is 1.09 bits per heavy atom. The molecule has 0 fully saturated rings. The van der Waals surface area contributed by atoms with Crippen molar-refractivity contribution in [2.75, 3.05) is 11.9 Å². The zero-order valence-corrected chi connectivity index (χ0v) is 20.0. The zero-order chi connectivity index (χ0) is 23.9. The van der Waals surface area contributed by atoms with Gasteiger partial charge >= 0.3 is 0 Å². The van der Waals surface area contributed by atoms with E-state index in [1.807, 2.05) is 25.1 Å². The lowest BCUT2D eigenvalue weighted by Crippen LogP contribution is -2.14. The summed E-state index contributed by atoms with van der Waals surface area (Å²) in [6, 6.07) is 16.7. The Morgan fingerprint density at radius 2 is 1.94 bits per heavy atom. The van der Waals surface area contributed by atoms with Crippen LogP contribution in [0, 0.1) is 5.82 Å². The molecule has 3 aromatic heterocycles. The van der Waals surface area contributed by atoms with Gasteiger partial charge in [0.2, 0.25) is 5.95 Å². The third kappa shape index (κ3) is 3.86. The summed E-state index contributed by atoms with van der Waals surface area (Å²) in [6.45, 7) is 3.53. The second-order valence-corrected chi connectivity index (χ2v) is 9.14. The normalized spacial score (nSPS) is 15.0. The lowest BCUT2D eigenvalue weighted by atomic mass is 10.1. The monoisotopic (exact) mass is 486 g/mol. The van der Waals surface area contributed by atoms with Crippen LogP contribution in [0.1, 0.15) is 25.2 Å². The van der Waals surface area contributed by atoms with Crippen molar-refractivity contribution in [1.29, 1.82) is 0 Å². The predicted molar refractivity (Wildman–Crippen MR) is 137 cm³/mol. The minimum atomic E-state index is -0.269. The van der Waals surface area contributed by atoms with Gasteiger partial charge in [0.05, 0.1) is 23.1 Å². The van der Waals surface area contributed by atoms with Crippen LogP contribution >= 0.6 is 11.6 Å². The van der Waals surface area contributed by atoms with E-state index in [0.717, 1.165) is 70.3 Å². The summed E-state index contributed by atoms with van der Waals surface area (Å²) in [6.07, 6.45) is 5.70. The quantitative estimate of drug-likeness (QED) is 0.303. The number of nitrogens with zero attached hydrogens (tertiary/aromatic N) is 5. The Morgan fingerprint density at radius 3 is 2.77 bits per heavy atom. The summed E-state index contributed by atoms with van der Waals surface area (Å²) < 4.78 is 18.3. The van der Waals surface area contributed by atoms with E-state index in [1.165, 1.54) is 12.1 Å². The summed E-state index contributed by atoms with van der Waals surface area (Å²) in [5, 5.41) is 5.01. The fourth-order valence-electron chi connectivity index (χ4n) is 5.01. The third-order valence-electron chi connectivity index (χ3n) is 6.57. The van der Waals surface area contributed by atoms with Crippen LogP contribution in [0.25, 0.3) is 33.5 Å². The second-order valence-electron chi connectivity index (χ2n) is 8.73. The molecular formula is C27H24ClFN6. The van der Waals surface area contributed by atoms with Crippen molar-refractivity contribution in [3.63, 3.8) is 0 Å². The molecule has 0 bridgehead atoms. The number of hydrogen-bond acceptors (Lipinski definition) is 4. The molecule has 1 aliphatic rings. The molecule has 0 unspecified atom stereocenters. The molecule has 1 N–H and O–H groups in total. The standard InChI is InChI=1S/C27H24ClFN6/c1-2-30-27-31-14-12-22(32-27)26-25(17-6-8-18(29)9-7-17)33-24-11-10-19(35(24)26)16-34-15-13-20-21(28)4-3-5-23(20)34/h3-9,12-15,19H,2,10-11,16H2,1H3,(H,30,31,32)/t19-/m0/s1. The van der Waals surface area contributed by atoms with Gasteiger partial charge in [-0.25, -0.2) is 19.3 Å². The van der Waals surface area contributed by atoms with E-state index in [1.54, 1.807) is 18.3 Å². The number of rotatable bonds is 6. The van der Waals surface area contributed by atoms with Crippen molar-refractivity contribution in [1.82, 2.24) is 24.1 Å². The minimum Gasteiger partial charge on any atom is -0.354 e. The lowest BCUT2D eigenvalue weighted by Gasteiger charge is -2.19. The van der Waals surface area contributed by atoms with Crippen molar-refractivity contribution in [3.8, 4) is 22.6 Å². The molecule has 0 aliphatic carbocycles. The van der Waals surface area contributed by atoms with Crippen LogP contribution < -0.4 is 5.32 Å². The van der Waals surface area contributed by atoms with E-state index < -0.39 is 0 Å². The first-order chi connectivity index (χ1) is 17.1. The summed E-state index contributed by atoms with van der Waals surface area (Å²) in [7, 11) is 0. The maximum Gasteiger partial charge on any atom is 0.223 e.